The van der Waals surface area contributed by atoms with Gasteiger partial charge in [-0.05, 0) is 43.0 Å². The summed E-state index contributed by atoms with van der Waals surface area (Å²) in [4.78, 5) is 26.0. The van der Waals surface area contributed by atoms with Gasteiger partial charge in [0, 0.05) is 33.1 Å². The fourth-order valence-electron chi connectivity index (χ4n) is 3.10. The summed E-state index contributed by atoms with van der Waals surface area (Å²) in [6.07, 6.45) is 0. The topological polar surface area (TPSA) is 86.8 Å². The van der Waals surface area contributed by atoms with E-state index in [1.807, 2.05) is 33.8 Å². The molecule has 1 unspecified atom stereocenters. The van der Waals surface area contributed by atoms with E-state index in [0.29, 0.717) is 13.1 Å². The molecular weight excluding hydrogens is 366 g/mol. The van der Waals surface area contributed by atoms with Crippen molar-refractivity contribution in [3.05, 3.63) is 29.3 Å². The van der Waals surface area contributed by atoms with E-state index in [9.17, 15) is 18.0 Å². The highest BCUT2D eigenvalue weighted by Gasteiger charge is 2.33. The Bertz CT molecular complexity index is 812. The summed E-state index contributed by atoms with van der Waals surface area (Å²) in [5, 5.41) is 2.69. The lowest BCUT2D eigenvalue weighted by molar-refractivity contribution is -0.138. The van der Waals surface area contributed by atoms with Gasteiger partial charge in [-0.1, -0.05) is 19.9 Å². The fraction of sp³-hybridized carbons (Fsp3) is 0.579. The van der Waals surface area contributed by atoms with Crippen molar-refractivity contribution in [2.75, 3.05) is 26.2 Å². The zero-order valence-electron chi connectivity index (χ0n) is 16.7. The third-order valence-corrected chi connectivity index (χ3v) is 6.85. The summed E-state index contributed by atoms with van der Waals surface area (Å²) in [6.45, 7) is 10.1. The maximum absolute atomic E-state index is 12.9. The first-order valence-corrected chi connectivity index (χ1v) is 10.6. The summed E-state index contributed by atoms with van der Waals surface area (Å²) < 4.78 is 27.2. The first-order chi connectivity index (χ1) is 12.5. The molecule has 1 aliphatic heterocycles. The second kappa shape index (κ2) is 8.39. The molecule has 7 nitrogen and oxygen atoms in total. The van der Waals surface area contributed by atoms with Crippen molar-refractivity contribution in [3.8, 4) is 0 Å². The van der Waals surface area contributed by atoms with Gasteiger partial charge in [0.15, 0.2) is 0 Å². The molecule has 1 N–H and O–H groups in total. The number of carbonyl (C=O) groups excluding carboxylic acids is 2. The molecule has 27 heavy (non-hydrogen) atoms. The zero-order chi connectivity index (χ0) is 20.4. The Labute approximate surface area is 161 Å². The van der Waals surface area contributed by atoms with E-state index in [2.05, 4.69) is 5.32 Å². The Balaban J connectivity index is 2.08. The molecule has 0 saturated carbocycles. The van der Waals surface area contributed by atoms with E-state index in [-0.39, 0.29) is 35.7 Å². The number of carbonyl (C=O) groups is 2. The Morgan fingerprint density at radius 2 is 1.63 bits per heavy atom. The van der Waals surface area contributed by atoms with Crippen LogP contribution in [0.5, 0.6) is 0 Å². The predicted molar refractivity (Wildman–Crippen MR) is 104 cm³/mol. The van der Waals surface area contributed by atoms with Crippen LogP contribution in [0.3, 0.4) is 0 Å². The predicted octanol–water partition coefficient (Wildman–Crippen LogP) is 1.30. The lowest BCUT2D eigenvalue weighted by Crippen LogP contribution is -2.56. The summed E-state index contributed by atoms with van der Waals surface area (Å²) in [5.74, 6) is -0.458. The highest BCUT2D eigenvalue weighted by molar-refractivity contribution is 7.89. The summed E-state index contributed by atoms with van der Waals surface area (Å²) >= 11 is 0. The smallest absolute Gasteiger partial charge is 0.245 e. The van der Waals surface area contributed by atoms with Gasteiger partial charge in [0.1, 0.15) is 6.04 Å². The molecule has 1 aromatic carbocycles. The first kappa shape index (κ1) is 21.4. The molecule has 1 saturated heterocycles. The van der Waals surface area contributed by atoms with Crippen molar-refractivity contribution in [3.63, 3.8) is 0 Å². The number of sulfonamides is 1. The van der Waals surface area contributed by atoms with Crippen LogP contribution in [0.15, 0.2) is 23.1 Å². The molecule has 1 aliphatic rings. The Kier molecular flexibility index (Phi) is 6.64. The van der Waals surface area contributed by atoms with Crippen LogP contribution in [-0.2, 0) is 19.6 Å². The van der Waals surface area contributed by atoms with E-state index < -0.39 is 16.1 Å². The zero-order valence-corrected chi connectivity index (χ0v) is 17.5. The SMILES string of the molecule is CC(=O)NC(C(=O)N1CCN(S(=O)(=O)c2ccc(C)c(C)c2)CC1)C(C)C. The van der Waals surface area contributed by atoms with E-state index in [1.165, 1.54) is 11.2 Å². The molecule has 1 heterocycles. The standard InChI is InChI=1S/C19H29N3O4S/c1-13(2)18(20-16(5)23)19(24)21-8-10-22(11-9-21)27(25,26)17-7-6-14(3)15(4)12-17/h6-7,12-13,18H,8-11H2,1-5H3,(H,20,23). The molecule has 2 amide bonds. The van der Waals surface area contributed by atoms with Crippen molar-refractivity contribution >= 4 is 21.8 Å². The highest BCUT2D eigenvalue weighted by atomic mass is 32.2. The first-order valence-electron chi connectivity index (χ1n) is 9.17. The maximum atomic E-state index is 12.9. The van der Waals surface area contributed by atoms with E-state index >= 15 is 0 Å². The summed E-state index contributed by atoms with van der Waals surface area (Å²) in [6, 6.07) is 4.53. The molecule has 0 aliphatic carbocycles. The minimum absolute atomic E-state index is 0.0429. The molecule has 0 aromatic heterocycles. The van der Waals surface area contributed by atoms with Crippen LogP contribution < -0.4 is 5.32 Å². The second-order valence-electron chi connectivity index (χ2n) is 7.40. The van der Waals surface area contributed by atoms with Gasteiger partial charge in [-0.2, -0.15) is 4.31 Å². The highest BCUT2D eigenvalue weighted by Crippen LogP contribution is 2.21. The molecule has 8 heteroatoms. The molecular formula is C19H29N3O4S. The number of amides is 2. The van der Waals surface area contributed by atoms with Crippen molar-refractivity contribution < 1.29 is 18.0 Å². The number of piperazine rings is 1. The molecule has 1 fully saturated rings. The number of nitrogens with one attached hydrogen (secondary N) is 1. The van der Waals surface area contributed by atoms with Crippen LogP contribution >= 0.6 is 0 Å². The van der Waals surface area contributed by atoms with Crippen LogP contribution in [0, 0.1) is 19.8 Å². The average Bonchev–Trinajstić information content (AvgIpc) is 2.61. The van der Waals surface area contributed by atoms with Gasteiger partial charge in [-0.15, -0.1) is 0 Å². The van der Waals surface area contributed by atoms with E-state index in [1.54, 1.807) is 17.0 Å². The monoisotopic (exact) mass is 395 g/mol. The lowest BCUT2D eigenvalue weighted by Gasteiger charge is -2.36. The molecule has 1 atom stereocenters. The second-order valence-corrected chi connectivity index (χ2v) is 9.34. The number of hydrogen-bond donors (Lipinski definition) is 1. The Morgan fingerprint density at radius 3 is 2.11 bits per heavy atom. The largest absolute Gasteiger partial charge is 0.344 e. The quantitative estimate of drug-likeness (QED) is 0.814. The number of benzene rings is 1. The number of aryl methyl sites for hydroxylation is 2. The normalized spacial score (nSPS) is 17.0. The molecule has 2 rings (SSSR count). The molecule has 0 spiro atoms. The molecule has 0 radical (unpaired) electrons. The molecule has 150 valence electrons. The minimum atomic E-state index is -3.58. The van der Waals surface area contributed by atoms with Crippen LogP contribution in [-0.4, -0.2) is 61.7 Å². The van der Waals surface area contributed by atoms with Crippen LogP contribution in [0.25, 0.3) is 0 Å². The van der Waals surface area contributed by atoms with Gasteiger partial charge < -0.3 is 10.2 Å². The lowest BCUT2D eigenvalue weighted by atomic mass is 10.0. The third kappa shape index (κ3) is 4.87. The van der Waals surface area contributed by atoms with E-state index in [0.717, 1.165) is 11.1 Å². The average molecular weight is 396 g/mol. The van der Waals surface area contributed by atoms with Gasteiger partial charge in [0.25, 0.3) is 0 Å². The molecule has 0 bridgehead atoms. The van der Waals surface area contributed by atoms with Gasteiger partial charge in [-0.25, -0.2) is 8.42 Å². The summed E-state index contributed by atoms with van der Waals surface area (Å²) in [7, 11) is -3.58. The maximum Gasteiger partial charge on any atom is 0.245 e. The van der Waals surface area contributed by atoms with Gasteiger partial charge in [-0.3, -0.25) is 9.59 Å². The Hall–Kier alpha value is -1.93. The van der Waals surface area contributed by atoms with Gasteiger partial charge in [0.05, 0.1) is 4.90 Å². The number of rotatable bonds is 5. The van der Waals surface area contributed by atoms with Gasteiger partial charge in [0.2, 0.25) is 21.8 Å². The van der Waals surface area contributed by atoms with Crippen LogP contribution in [0.2, 0.25) is 0 Å². The fourth-order valence-corrected chi connectivity index (χ4v) is 4.61. The van der Waals surface area contributed by atoms with Crippen molar-refractivity contribution in [2.45, 2.75) is 45.6 Å². The number of nitrogens with zero attached hydrogens (tertiary/aromatic N) is 2. The molecule has 1 aromatic rings. The van der Waals surface area contributed by atoms with Crippen LogP contribution in [0.4, 0.5) is 0 Å². The summed E-state index contributed by atoms with van der Waals surface area (Å²) in [5.41, 5.74) is 1.97. The van der Waals surface area contributed by atoms with Crippen molar-refractivity contribution in [1.29, 1.82) is 0 Å². The van der Waals surface area contributed by atoms with Crippen LogP contribution in [0.1, 0.15) is 31.9 Å². The Morgan fingerprint density at radius 1 is 1.04 bits per heavy atom. The van der Waals surface area contributed by atoms with E-state index in [4.69, 9.17) is 0 Å². The minimum Gasteiger partial charge on any atom is -0.344 e. The third-order valence-electron chi connectivity index (χ3n) is 4.96. The van der Waals surface area contributed by atoms with Crippen molar-refractivity contribution in [1.82, 2.24) is 14.5 Å². The van der Waals surface area contributed by atoms with Crippen molar-refractivity contribution in [2.24, 2.45) is 5.92 Å². The van der Waals surface area contributed by atoms with Gasteiger partial charge >= 0.3 is 0 Å². The number of hydrogen-bond acceptors (Lipinski definition) is 4.